The third kappa shape index (κ3) is 5.65. The number of fused-ring (bicyclic) bond motifs is 1. The lowest BCUT2D eigenvalue weighted by atomic mass is 10.1. The Morgan fingerprint density at radius 3 is 2.34 bits per heavy atom. The van der Waals surface area contributed by atoms with Crippen LogP contribution in [0.1, 0.15) is 11.1 Å². The molecule has 0 amide bonds. The van der Waals surface area contributed by atoms with Gasteiger partial charge in [0.05, 0.1) is 21.7 Å². The van der Waals surface area contributed by atoms with Crippen molar-refractivity contribution in [2.24, 2.45) is 10.2 Å². The predicted molar refractivity (Wildman–Crippen MR) is 123 cm³/mol. The number of aryl methyl sites for hydroxylation is 1. The molecule has 3 aromatic carbocycles. The Bertz CT molecular complexity index is 1490. The molecule has 0 fully saturated rings. The van der Waals surface area contributed by atoms with E-state index in [0.29, 0.717) is 33.1 Å². The van der Waals surface area contributed by atoms with E-state index < -0.39 is 20.2 Å². The van der Waals surface area contributed by atoms with Crippen molar-refractivity contribution >= 4 is 48.1 Å². The van der Waals surface area contributed by atoms with E-state index in [9.17, 15) is 21.4 Å². The van der Waals surface area contributed by atoms with E-state index in [-0.39, 0.29) is 10.6 Å². The minimum Gasteiger partial charge on any atom is -0.398 e. The predicted octanol–water partition coefficient (Wildman–Crippen LogP) is 4.50. The Hall–Kier alpha value is -3.38. The monoisotopic (exact) mass is 473 g/mol. The van der Waals surface area contributed by atoms with Crippen LogP contribution in [0.25, 0.3) is 16.5 Å². The van der Waals surface area contributed by atoms with Gasteiger partial charge in [0, 0.05) is 22.0 Å². The van der Waals surface area contributed by atoms with Gasteiger partial charge in [0.15, 0.2) is 0 Å². The number of anilines is 1. The van der Waals surface area contributed by atoms with E-state index in [1.807, 2.05) is 19.1 Å². The topological polar surface area (TPSA) is 159 Å². The smallest absolute Gasteiger partial charge is 0.294 e. The summed E-state index contributed by atoms with van der Waals surface area (Å²) in [5.41, 5.74) is 8.42. The maximum Gasteiger partial charge on any atom is 0.294 e. The van der Waals surface area contributed by atoms with E-state index in [2.05, 4.69) is 10.2 Å². The number of benzene rings is 3. The third-order valence-electron chi connectivity index (χ3n) is 4.49. The zero-order valence-electron chi connectivity index (χ0n) is 16.7. The summed E-state index contributed by atoms with van der Waals surface area (Å²) in [6.07, 6.45) is 2.48. The highest BCUT2D eigenvalue weighted by Gasteiger charge is 2.13. The normalized spacial score (nSPS) is 13.4. The molecule has 166 valence electrons. The Kier molecular flexibility index (Phi) is 6.55. The summed E-state index contributed by atoms with van der Waals surface area (Å²) >= 11 is 0. The molecular weight excluding hydrogens is 454 g/mol. The highest BCUT2D eigenvalue weighted by molar-refractivity contribution is 7.88. The average molecular weight is 474 g/mol. The molecule has 4 N–H and O–H groups in total. The molecule has 0 heterocycles. The molecule has 3 aromatic rings. The minimum absolute atomic E-state index is 0.276. The van der Waals surface area contributed by atoms with Crippen LogP contribution in [0.2, 0.25) is 0 Å². The van der Waals surface area contributed by atoms with Crippen LogP contribution in [0.3, 0.4) is 0 Å². The Morgan fingerprint density at radius 2 is 1.69 bits per heavy atom. The minimum atomic E-state index is -4.44. The van der Waals surface area contributed by atoms with Crippen molar-refractivity contribution < 1.29 is 25.9 Å². The van der Waals surface area contributed by atoms with Crippen molar-refractivity contribution in [2.75, 3.05) is 5.73 Å². The van der Waals surface area contributed by atoms with Crippen molar-refractivity contribution in [3.63, 3.8) is 0 Å². The van der Waals surface area contributed by atoms with Gasteiger partial charge in [-0.1, -0.05) is 30.3 Å². The molecule has 9 nitrogen and oxygen atoms in total. The van der Waals surface area contributed by atoms with Crippen LogP contribution in [-0.4, -0.2) is 25.9 Å². The van der Waals surface area contributed by atoms with Crippen molar-refractivity contribution in [1.29, 1.82) is 0 Å². The second kappa shape index (κ2) is 9.01. The molecule has 0 saturated heterocycles. The number of hydrogen-bond donors (Lipinski definition) is 3. The van der Waals surface area contributed by atoms with Gasteiger partial charge in [-0.15, -0.1) is 10.2 Å². The van der Waals surface area contributed by atoms with Gasteiger partial charge in [-0.25, -0.2) is 0 Å². The van der Waals surface area contributed by atoms with E-state index >= 15 is 0 Å². The standard InChI is InChI=1S/C21H19N3O6S2/c1-14-5-2-3-6-16(14)20(7-4-12-31(25,26)27)23-24-21-11-10-19(22)17-9-8-15(13-18(17)21)32(28,29)30/h2-13H,22H2,1H3,(H,25,26,27)(H,28,29,30)/b12-4+,20-7+,24-23+. The van der Waals surface area contributed by atoms with Crippen molar-refractivity contribution in [3.05, 3.63) is 83.3 Å². The van der Waals surface area contributed by atoms with Crippen LogP contribution in [0.5, 0.6) is 0 Å². The number of nitrogens with two attached hydrogens (primary N) is 1. The highest BCUT2D eigenvalue weighted by atomic mass is 32.2. The molecule has 32 heavy (non-hydrogen) atoms. The first-order chi connectivity index (χ1) is 15.0. The zero-order valence-corrected chi connectivity index (χ0v) is 18.4. The molecule has 3 rings (SSSR count). The van der Waals surface area contributed by atoms with Gasteiger partial charge in [-0.05, 0) is 48.9 Å². The number of hydrogen-bond acceptors (Lipinski definition) is 7. The summed E-state index contributed by atoms with van der Waals surface area (Å²) in [5, 5.41) is 9.91. The first-order valence-electron chi connectivity index (χ1n) is 9.09. The Morgan fingerprint density at radius 1 is 0.969 bits per heavy atom. The fourth-order valence-corrected chi connectivity index (χ4v) is 3.74. The molecule has 11 heteroatoms. The molecule has 0 bridgehead atoms. The number of nitrogens with zero attached hydrogens (tertiary/aromatic N) is 2. The van der Waals surface area contributed by atoms with E-state index in [4.69, 9.17) is 10.3 Å². The summed E-state index contributed by atoms with van der Waals surface area (Å²) in [4.78, 5) is -0.321. The van der Waals surface area contributed by atoms with Crippen molar-refractivity contribution in [2.45, 2.75) is 11.8 Å². The third-order valence-corrected chi connectivity index (χ3v) is 5.84. The molecular formula is C21H19N3O6S2. The Labute approximate surface area is 185 Å². The average Bonchev–Trinajstić information content (AvgIpc) is 2.70. The fourth-order valence-electron chi connectivity index (χ4n) is 2.96. The maximum atomic E-state index is 11.5. The molecule has 0 aromatic heterocycles. The number of nitrogen functional groups attached to an aromatic ring is 1. The van der Waals surface area contributed by atoms with Crippen LogP contribution < -0.4 is 5.73 Å². The second-order valence-electron chi connectivity index (χ2n) is 6.77. The van der Waals surface area contributed by atoms with E-state index in [0.717, 1.165) is 11.6 Å². The summed E-state index contributed by atoms with van der Waals surface area (Å²) < 4.78 is 63.4. The lowest BCUT2D eigenvalue weighted by Gasteiger charge is -2.08. The van der Waals surface area contributed by atoms with Crippen molar-refractivity contribution in [3.8, 4) is 0 Å². The highest BCUT2D eigenvalue weighted by Crippen LogP contribution is 2.33. The van der Waals surface area contributed by atoms with Crippen molar-refractivity contribution in [1.82, 2.24) is 0 Å². The summed E-state index contributed by atoms with van der Waals surface area (Å²) in [7, 11) is -8.77. The second-order valence-corrected chi connectivity index (χ2v) is 9.49. The Balaban J connectivity index is 2.16. The zero-order chi connectivity index (χ0) is 23.5. The summed E-state index contributed by atoms with van der Waals surface area (Å²) in [5.74, 6) is 0. The van der Waals surface area contributed by atoms with Crippen LogP contribution in [-0.2, 0) is 20.2 Å². The SMILES string of the molecule is Cc1ccccc1C(=C\C=C\S(=O)(=O)O)/N=N/c1ccc(N)c2ccc(S(=O)(=O)O)cc12. The molecule has 0 radical (unpaired) electrons. The molecule has 0 aliphatic heterocycles. The molecule has 0 spiro atoms. The lowest BCUT2D eigenvalue weighted by molar-refractivity contribution is 0.483. The summed E-state index contributed by atoms with van der Waals surface area (Å²) in [6, 6.07) is 14.2. The van der Waals surface area contributed by atoms with Gasteiger partial charge in [-0.2, -0.15) is 16.8 Å². The quantitative estimate of drug-likeness (QED) is 0.205. The first kappa shape index (κ1) is 23.3. The van der Waals surface area contributed by atoms with Gasteiger partial charge in [0.2, 0.25) is 0 Å². The number of azo groups is 1. The van der Waals surface area contributed by atoms with Gasteiger partial charge >= 0.3 is 0 Å². The largest absolute Gasteiger partial charge is 0.398 e. The van der Waals surface area contributed by atoms with Crippen LogP contribution in [0, 0.1) is 6.92 Å². The van der Waals surface area contributed by atoms with Gasteiger partial charge in [0.1, 0.15) is 0 Å². The molecule has 0 saturated carbocycles. The fraction of sp³-hybridized carbons (Fsp3) is 0.0476. The molecule has 0 unspecified atom stereocenters. The van der Waals surface area contributed by atoms with Crippen LogP contribution in [0.15, 0.2) is 87.3 Å². The molecule has 0 atom stereocenters. The van der Waals surface area contributed by atoms with Gasteiger partial charge in [0.25, 0.3) is 20.2 Å². The number of allylic oxidation sites excluding steroid dienone is 2. The van der Waals surface area contributed by atoms with E-state index in [1.165, 1.54) is 24.3 Å². The maximum absolute atomic E-state index is 11.5. The molecule has 0 aliphatic rings. The number of rotatable bonds is 6. The van der Waals surface area contributed by atoms with Gasteiger partial charge < -0.3 is 5.73 Å². The van der Waals surface area contributed by atoms with E-state index in [1.54, 1.807) is 24.3 Å². The van der Waals surface area contributed by atoms with Gasteiger partial charge in [-0.3, -0.25) is 9.11 Å². The first-order valence-corrected chi connectivity index (χ1v) is 12.0. The molecule has 0 aliphatic carbocycles. The van der Waals surface area contributed by atoms with Crippen LogP contribution in [0.4, 0.5) is 11.4 Å². The summed E-state index contributed by atoms with van der Waals surface area (Å²) in [6.45, 7) is 1.84. The van der Waals surface area contributed by atoms with Crippen LogP contribution >= 0.6 is 0 Å². The lowest BCUT2D eigenvalue weighted by Crippen LogP contribution is -1.98.